The van der Waals surface area contributed by atoms with Crippen molar-refractivity contribution in [3.05, 3.63) is 138 Å². The van der Waals surface area contributed by atoms with Gasteiger partial charge in [0, 0.05) is 17.5 Å². The van der Waals surface area contributed by atoms with Gasteiger partial charge in [-0.2, -0.15) is 0 Å². The summed E-state index contributed by atoms with van der Waals surface area (Å²) >= 11 is 1.82. The molecule has 0 amide bonds. The van der Waals surface area contributed by atoms with E-state index in [9.17, 15) is 8.42 Å². The third kappa shape index (κ3) is 10.4. The van der Waals surface area contributed by atoms with Crippen LogP contribution in [0.15, 0.2) is 114 Å². The van der Waals surface area contributed by atoms with E-state index in [1.165, 1.54) is 5.57 Å². The molecule has 0 radical (unpaired) electrons. The number of nitrogens with zero attached hydrogens (tertiary/aromatic N) is 1. The van der Waals surface area contributed by atoms with Gasteiger partial charge in [0.05, 0.1) is 13.2 Å². The number of allylic oxidation sites excluding steroid dienone is 3. The summed E-state index contributed by atoms with van der Waals surface area (Å²) in [5.74, 6) is 0. The minimum atomic E-state index is -3.89. The molecular weight excluding hydrogens is 617 g/mol. The van der Waals surface area contributed by atoms with E-state index >= 15 is 0 Å². The fraction of sp³-hybridized carbons (Fsp3) is 0.258. The molecule has 2 atom stereocenters. The summed E-state index contributed by atoms with van der Waals surface area (Å²) in [5.41, 5.74) is 4.08. The summed E-state index contributed by atoms with van der Waals surface area (Å²) in [4.78, 5) is 0.194. The normalized spacial score (nSPS) is 14.3. The third-order valence-electron chi connectivity index (χ3n) is 6.18. The maximum absolute atomic E-state index is 13.4. The molecule has 5 nitrogen and oxygen atoms in total. The molecule has 0 bridgehead atoms. The second-order valence-electron chi connectivity index (χ2n) is 8.94. The summed E-state index contributed by atoms with van der Waals surface area (Å²) in [5, 5.41) is 3.54. The first-order valence-corrected chi connectivity index (χ1v) is 16.1. The minimum absolute atomic E-state index is 0. The molecule has 0 saturated heterocycles. The maximum atomic E-state index is 13.4. The number of ether oxygens (including phenoxy) is 1. The first kappa shape index (κ1) is 33.1. The number of halogens is 1. The molecular formula is C31H36ClN2O3RuS+. The number of rotatable bonds is 12. The fourth-order valence-electron chi connectivity index (χ4n) is 4.22. The SMILES string of the molecule is Cc1ccc(S(=O)(=O)[N-]C(c2ccccc2)C(NCCOCC2=CC=CCC2)c2ccccc2)cc1.[CH3-].[Cl][Ru+3]. The number of hydrogen-bond donors (Lipinski definition) is 1. The summed E-state index contributed by atoms with van der Waals surface area (Å²) in [6.07, 6.45) is 8.44. The van der Waals surface area contributed by atoms with Crippen LogP contribution in [0.4, 0.5) is 0 Å². The Morgan fingerprint density at radius 1 is 0.949 bits per heavy atom. The first-order valence-electron chi connectivity index (χ1n) is 12.5. The van der Waals surface area contributed by atoms with Gasteiger partial charge in [-0.1, -0.05) is 108 Å². The molecule has 39 heavy (non-hydrogen) atoms. The van der Waals surface area contributed by atoms with Crippen LogP contribution in [0.2, 0.25) is 0 Å². The summed E-state index contributed by atoms with van der Waals surface area (Å²) in [6, 6.07) is 25.3. The third-order valence-corrected chi connectivity index (χ3v) is 7.56. The Labute approximate surface area is 248 Å². The van der Waals surface area contributed by atoms with E-state index < -0.39 is 16.1 Å². The second kappa shape index (κ2) is 17.5. The average Bonchev–Trinajstić information content (AvgIpc) is 2.97. The van der Waals surface area contributed by atoms with Crippen LogP contribution in [0.3, 0.4) is 0 Å². The predicted molar refractivity (Wildman–Crippen MR) is 158 cm³/mol. The van der Waals surface area contributed by atoms with E-state index in [1.807, 2.05) is 84.9 Å². The van der Waals surface area contributed by atoms with E-state index in [2.05, 4.69) is 38.0 Å². The van der Waals surface area contributed by atoms with Crippen LogP contribution in [-0.4, -0.2) is 28.2 Å². The van der Waals surface area contributed by atoms with E-state index in [1.54, 1.807) is 24.3 Å². The number of hydrogen-bond acceptors (Lipinski definition) is 4. The van der Waals surface area contributed by atoms with Crippen molar-refractivity contribution >= 4 is 19.7 Å². The molecule has 0 saturated carbocycles. The van der Waals surface area contributed by atoms with Crippen LogP contribution >= 0.6 is 9.69 Å². The molecule has 0 aromatic heterocycles. The van der Waals surface area contributed by atoms with Crippen LogP contribution in [0.25, 0.3) is 4.72 Å². The summed E-state index contributed by atoms with van der Waals surface area (Å²) < 4.78 is 37.2. The van der Waals surface area contributed by atoms with Crippen molar-refractivity contribution in [2.24, 2.45) is 0 Å². The van der Waals surface area contributed by atoms with Crippen molar-refractivity contribution in [2.75, 3.05) is 19.8 Å². The molecule has 3 aromatic carbocycles. The van der Waals surface area contributed by atoms with Crippen LogP contribution < -0.4 is 5.32 Å². The van der Waals surface area contributed by atoms with Crippen molar-refractivity contribution < 1.29 is 30.5 Å². The zero-order valence-corrected chi connectivity index (χ0v) is 25.6. The van der Waals surface area contributed by atoms with Gasteiger partial charge in [0.1, 0.15) is 10.0 Å². The van der Waals surface area contributed by atoms with Crippen LogP contribution in [0.1, 0.15) is 41.6 Å². The van der Waals surface area contributed by atoms with Gasteiger partial charge in [0.15, 0.2) is 0 Å². The number of benzene rings is 3. The van der Waals surface area contributed by atoms with Crippen LogP contribution in [-0.2, 0) is 32.1 Å². The van der Waals surface area contributed by atoms with Crippen molar-refractivity contribution in [1.82, 2.24) is 5.32 Å². The van der Waals surface area contributed by atoms with Gasteiger partial charge in [-0.05, 0) is 43.0 Å². The Bertz CT molecular complexity index is 1270. The zero-order chi connectivity index (χ0) is 27.2. The molecule has 1 N–H and O–H groups in total. The standard InChI is InChI=1S/C30H33N2O3S.CH3.ClH.Ru/c1-24-17-19-28(20-18-24)36(33,34)32-30(27-15-9-4-10-16-27)29(26-13-7-3-8-14-26)31-21-22-35-23-25-11-5-2-6-12-25;;;/h2-5,7-11,13-20,29-31H,6,12,21-23H2,1H3;1H3;1H;/q2*-1;;+4/p-1. The van der Waals surface area contributed by atoms with E-state index in [4.69, 9.17) is 4.74 Å². The Morgan fingerprint density at radius 2 is 1.56 bits per heavy atom. The number of sulfonamides is 1. The quantitative estimate of drug-likeness (QED) is 0.125. The van der Waals surface area contributed by atoms with E-state index in [0.29, 0.717) is 19.8 Å². The van der Waals surface area contributed by atoms with Crippen molar-refractivity contribution in [3.63, 3.8) is 0 Å². The Hall–Kier alpha value is -2.12. The van der Waals surface area contributed by atoms with Crippen LogP contribution in [0, 0.1) is 14.4 Å². The topological polar surface area (TPSA) is 69.5 Å². The Morgan fingerprint density at radius 3 is 2.15 bits per heavy atom. The van der Waals surface area contributed by atoms with E-state index in [0.717, 1.165) is 29.5 Å². The van der Waals surface area contributed by atoms with Gasteiger partial charge in [0.2, 0.25) is 0 Å². The van der Waals surface area contributed by atoms with E-state index in [-0.39, 0.29) is 18.4 Å². The average molecular weight is 653 g/mol. The van der Waals surface area contributed by atoms with Gasteiger partial charge in [-0.15, -0.1) is 0 Å². The van der Waals surface area contributed by atoms with Crippen molar-refractivity contribution in [3.8, 4) is 0 Å². The first-order chi connectivity index (χ1) is 18.5. The van der Waals surface area contributed by atoms with Gasteiger partial charge in [0.25, 0.3) is 0 Å². The zero-order valence-electron chi connectivity index (χ0n) is 22.3. The fourth-order valence-corrected chi connectivity index (χ4v) is 5.36. The monoisotopic (exact) mass is 653 g/mol. The molecule has 0 fully saturated rings. The Kier molecular flexibility index (Phi) is 14.9. The molecule has 3 aromatic rings. The van der Waals surface area contributed by atoms with Crippen LogP contribution in [0.5, 0.6) is 0 Å². The molecule has 8 heteroatoms. The summed E-state index contributed by atoms with van der Waals surface area (Å²) in [6.45, 7) is 3.61. The van der Waals surface area contributed by atoms with Crippen molar-refractivity contribution in [2.45, 2.75) is 36.7 Å². The molecule has 4 rings (SSSR count). The number of aryl methyl sites for hydroxylation is 1. The predicted octanol–water partition coefficient (Wildman–Crippen LogP) is 7.56. The van der Waals surface area contributed by atoms with Gasteiger partial charge >= 0.3 is 27.0 Å². The molecule has 0 heterocycles. The number of nitrogens with one attached hydrogen (secondary N) is 1. The van der Waals surface area contributed by atoms with Crippen molar-refractivity contribution in [1.29, 1.82) is 0 Å². The molecule has 208 valence electrons. The molecule has 1 aliphatic rings. The molecule has 2 unspecified atom stereocenters. The van der Waals surface area contributed by atoms with Gasteiger partial charge in [-0.3, -0.25) is 0 Å². The molecule has 0 spiro atoms. The van der Waals surface area contributed by atoms with Gasteiger partial charge < -0.3 is 22.2 Å². The Balaban J connectivity index is 0.00000174. The van der Waals surface area contributed by atoms with Gasteiger partial charge in [-0.25, -0.2) is 8.42 Å². The second-order valence-corrected chi connectivity index (χ2v) is 10.6. The molecule has 1 aliphatic carbocycles. The summed E-state index contributed by atoms with van der Waals surface area (Å²) in [7, 11) is 0.682. The molecule has 0 aliphatic heterocycles.